The number of hydrogen-bond donors (Lipinski definition) is 2. The lowest BCUT2D eigenvalue weighted by Crippen LogP contribution is -2.50. The number of morpholine rings is 1. The van der Waals surface area contributed by atoms with E-state index in [1.54, 1.807) is 12.1 Å². The fourth-order valence-electron chi connectivity index (χ4n) is 5.59. The maximum Gasteiger partial charge on any atom is 0.238 e. The van der Waals surface area contributed by atoms with Crippen LogP contribution in [0.2, 0.25) is 0 Å². The van der Waals surface area contributed by atoms with E-state index in [1.165, 1.54) is 0 Å². The van der Waals surface area contributed by atoms with E-state index in [4.69, 9.17) is 4.74 Å². The molecule has 7 heteroatoms. The molecular formula is C24H29FN4O2. The van der Waals surface area contributed by atoms with E-state index < -0.39 is 6.04 Å². The molecule has 31 heavy (non-hydrogen) atoms. The zero-order valence-corrected chi connectivity index (χ0v) is 17.6. The molecule has 5 atom stereocenters. The van der Waals surface area contributed by atoms with E-state index in [2.05, 4.69) is 27.7 Å². The predicted octanol–water partition coefficient (Wildman–Crippen LogP) is 2.00. The summed E-state index contributed by atoms with van der Waals surface area (Å²) >= 11 is 0. The summed E-state index contributed by atoms with van der Waals surface area (Å²) in [4.78, 5) is 15.0. The molecular weight excluding hydrogens is 395 g/mol. The van der Waals surface area contributed by atoms with Crippen molar-refractivity contribution in [1.82, 2.24) is 15.5 Å². The molecule has 164 valence electrons. The van der Waals surface area contributed by atoms with Gasteiger partial charge in [-0.2, -0.15) is 5.26 Å². The molecule has 0 aromatic heterocycles. The van der Waals surface area contributed by atoms with Crippen molar-refractivity contribution in [3.05, 3.63) is 41.2 Å². The maximum absolute atomic E-state index is 14.9. The Hall–Kier alpha value is -2.27. The van der Waals surface area contributed by atoms with Gasteiger partial charge < -0.3 is 15.4 Å². The minimum absolute atomic E-state index is 0.137. The third kappa shape index (κ3) is 4.25. The molecule has 1 aromatic carbocycles. The van der Waals surface area contributed by atoms with Crippen LogP contribution in [-0.4, -0.2) is 61.3 Å². The maximum atomic E-state index is 14.9. The van der Waals surface area contributed by atoms with Crippen LogP contribution < -0.4 is 10.6 Å². The number of hydrogen-bond acceptors (Lipinski definition) is 5. The monoisotopic (exact) mass is 424 g/mol. The molecule has 1 unspecified atom stereocenters. The Balaban J connectivity index is 1.23. The van der Waals surface area contributed by atoms with Crippen molar-refractivity contribution < 1.29 is 13.9 Å². The zero-order valence-electron chi connectivity index (χ0n) is 17.6. The molecule has 2 saturated heterocycles. The molecule has 1 aliphatic carbocycles. The van der Waals surface area contributed by atoms with Crippen LogP contribution in [0.25, 0.3) is 5.57 Å². The molecule has 2 N–H and O–H groups in total. The molecule has 5 rings (SSSR count). The molecule has 4 aliphatic rings. The van der Waals surface area contributed by atoms with Crippen LogP contribution in [0.1, 0.15) is 36.8 Å². The topological polar surface area (TPSA) is 77.4 Å². The summed E-state index contributed by atoms with van der Waals surface area (Å²) in [6.07, 6.45) is 6.41. The molecule has 6 nitrogen and oxygen atoms in total. The second-order valence-electron chi connectivity index (χ2n) is 9.27. The summed E-state index contributed by atoms with van der Waals surface area (Å²) in [7, 11) is 0. The first kappa shape index (κ1) is 20.6. The van der Waals surface area contributed by atoms with E-state index in [0.717, 1.165) is 63.1 Å². The van der Waals surface area contributed by atoms with Gasteiger partial charge in [0, 0.05) is 31.6 Å². The van der Waals surface area contributed by atoms with Crippen LogP contribution in [0, 0.1) is 23.1 Å². The SMILES string of the molecule is N#C[C@H](Cc1ccc(C2=CCN3CCOCC3C2)cc1F)NC(=O)[C@H]1N[C@@H]2CC[C@H]1C2. The molecule has 2 bridgehead atoms. The first-order valence-corrected chi connectivity index (χ1v) is 11.4. The predicted molar refractivity (Wildman–Crippen MR) is 114 cm³/mol. The number of nitriles is 1. The number of carbonyl (C=O) groups excluding carboxylic acids is 1. The lowest BCUT2D eigenvalue weighted by atomic mass is 9.92. The molecule has 0 spiro atoms. The van der Waals surface area contributed by atoms with Gasteiger partial charge >= 0.3 is 0 Å². The van der Waals surface area contributed by atoms with Crippen molar-refractivity contribution in [2.45, 2.75) is 56.3 Å². The summed E-state index contributed by atoms with van der Waals surface area (Å²) in [6.45, 7) is 3.31. The first-order valence-electron chi connectivity index (χ1n) is 11.4. The number of carbonyl (C=O) groups is 1. The van der Waals surface area contributed by atoms with Crippen molar-refractivity contribution in [1.29, 1.82) is 5.26 Å². The Bertz CT molecular complexity index is 927. The Morgan fingerprint density at radius 3 is 3.06 bits per heavy atom. The Morgan fingerprint density at radius 1 is 1.42 bits per heavy atom. The van der Waals surface area contributed by atoms with Crippen molar-refractivity contribution in [2.24, 2.45) is 5.92 Å². The lowest BCUT2D eigenvalue weighted by molar-refractivity contribution is -0.124. The quantitative estimate of drug-likeness (QED) is 0.756. The lowest BCUT2D eigenvalue weighted by Gasteiger charge is -2.38. The van der Waals surface area contributed by atoms with E-state index in [0.29, 0.717) is 23.6 Å². The smallest absolute Gasteiger partial charge is 0.238 e. The van der Waals surface area contributed by atoms with Crippen LogP contribution in [0.3, 0.4) is 0 Å². The van der Waals surface area contributed by atoms with Gasteiger partial charge in [0.05, 0.1) is 25.3 Å². The van der Waals surface area contributed by atoms with E-state index in [1.807, 2.05) is 6.07 Å². The fourth-order valence-corrected chi connectivity index (χ4v) is 5.59. The molecule has 3 heterocycles. The minimum Gasteiger partial charge on any atom is -0.378 e. The van der Waals surface area contributed by atoms with Crippen molar-refractivity contribution in [3.63, 3.8) is 0 Å². The molecule has 1 saturated carbocycles. The van der Waals surface area contributed by atoms with Gasteiger partial charge in [0.1, 0.15) is 11.9 Å². The second-order valence-corrected chi connectivity index (χ2v) is 9.27. The van der Waals surface area contributed by atoms with Crippen molar-refractivity contribution >= 4 is 11.5 Å². The number of benzene rings is 1. The highest BCUT2D eigenvalue weighted by molar-refractivity contribution is 5.83. The highest BCUT2D eigenvalue weighted by atomic mass is 19.1. The number of fused-ring (bicyclic) bond motifs is 3. The van der Waals surface area contributed by atoms with Crippen molar-refractivity contribution in [2.75, 3.05) is 26.3 Å². The van der Waals surface area contributed by atoms with Gasteiger partial charge in [0.2, 0.25) is 5.91 Å². The van der Waals surface area contributed by atoms with Gasteiger partial charge in [0.25, 0.3) is 0 Å². The number of ether oxygens (including phenoxy) is 1. The Kier molecular flexibility index (Phi) is 5.79. The summed E-state index contributed by atoms with van der Waals surface area (Å²) in [5.41, 5.74) is 2.48. The normalized spacial score (nSPS) is 30.9. The van der Waals surface area contributed by atoms with Gasteiger partial charge in [-0.15, -0.1) is 0 Å². The van der Waals surface area contributed by atoms with E-state index >= 15 is 0 Å². The van der Waals surface area contributed by atoms with Gasteiger partial charge in [-0.25, -0.2) is 4.39 Å². The van der Waals surface area contributed by atoms with Gasteiger partial charge in [0.15, 0.2) is 0 Å². The molecule has 3 aliphatic heterocycles. The molecule has 1 amide bonds. The third-order valence-corrected chi connectivity index (χ3v) is 7.34. The summed E-state index contributed by atoms with van der Waals surface area (Å²) in [5, 5.41) is 15.7. The Morgan fingerprint density at radius 2 is 2.32 bits per heavy atom. The van der Waals surface area contributed by atoms with Crippen LogP contribution in [0.4, 0.5) is 4.39 Å². The van der Waals surface area contributed by atoms with E-state index in [9.17, 15) is 14.4 Å². The van der Waals surface area contributed by atoms with Crippen LogP contribution in [-0.2, 0) is 16.0 Å². The highest BCUT2D eigenvalue weighted by Gasteiger charge is 2.43. The average Bonchev–Trinajstić information content (AvgIpc) is 3.43. The first-order chi connectivity index (χ1) is 15.1. The zero-order chi connectivity index (χ0) is 21.4. The average molecular weight is 425 g/mol. The minimum atomic E-state index is -0.740. The van der Waals surface area contributed by atoms with Crippen LogP contribution in [0.15, 0.2) is 24.3 Å². The number of amides is 1. The summed E-state index contributed by atoms with van der Waals surface area (Å²) in [6, 6.07) is 7.19. The fraction of sp³-hybridized carbons (Fsp3) is 0.583. The third-order valence-electron chi connectivity index (χ3n) is 7.34. The van der Waals surface area contributed by atoms with Gasteiger partial charge in [-0.05, 0) is 54.4 Å². The number of halogens is 1. The van der Waals surface area contributed by atoms with E-state index in [-0.39, 0.29) is 24.2 Å². The summed E-state index contributed by atoms with van der Waals surface area (Å²) in [5.74, 6) is -0.106. The second kappa shape index (κ2) is 8.70. The summed E-state index contributed by atoms with van der Waals surface area (Å²) < 4.78 is 20.5. The molecule has 0 radical (unpaired) electrons. The molecule has 1 aromatic rings. The number of nitrogens with zero attached hydrogens (tertiary/aromatic N) is 2. The van der Waals surface area contributed by atoms with Crippen molar-refractivity contribution in [3.8, 4) is 6.07 Å². The number of rotatable bonds is 5. The Labute approximate surface area is 182 Å². The highest BCUT2D eigenvalue weighted by Crippen LogP contribution is 2.35. The standard InChI is InChI=1S/C24H29FN4O2/c25-22-12-15(16-5-6-29-7-8-31-14-21(29)11-16)1-2-17(22)9-20(13-26)28-24(30)23-18-3-4-19(10-18)27-23/h1-2,5,12,18-21,23,27H,3-4,6-11,14H2,(H,28,30)/t18-,19+,20-,21?,23-/m0/s1. The number of nitrogens with one attached hydrogen (secondary N) is 2. The number of piperidine rings is 1. The van der Waals surface area contributed by atoms with Crippen LogP contribution in [0.5, 0.6) is 0 Å². The molecule has 3 fully saturated rings. The van der Waals surface area contributed by atoms with Gasteiger partial charge in [-0.1, -0.05) is 18.2 Å². The largest absolute Gasteiger partial charge is 0.378 e. The van der Waals surface area contributed by atoms with Crippen LogP contribution >= 0.6 is 0 Å². The van der Waals surface area contributed by atoms with Gasteiger partial charge in [-0.3, -0.25) is 9.69 Å².